The first-order valence-electron chi connectivity index (χ1n) is 5.16. The summed E-state index contributed by atoms with van der Waals surface area (Å²) in [4.78, 5) is 4.32. The van der Waals surface area contributed by atoms with Crippen molar-refractivity contribution in [1.29, 1.82) is 0 Å². The molecule has 2 nitrogen and oxygen atoms in total. The average Bonchev–Trinajstić information content (AvgIpc) is 2.49. The maximum atomic E-state index is 4.32. The Morgan fingerprint density at radius 3 is 2.57 bits per heavy atom. The molecular formula is C12H20N2. The molecule has 2 heteroatoms. The molecule has 0 saturated carbocycles. The summed E-state index contributed by atoms with van der Waals surface area (Å²) >= 11 is 0. The first kappa shape index (κ1) is 11.0. The van der Waals surface area contributed by atoms with Crippen molar-refractivity contribution in [2.75, 3.05) is 0 Å². The van der Waals surface area contributed by atoms with Crippen LogP contribution in [0.25, 0.3) is 0 Å². The molecule has 1 aromatic heterocycles. The molecule has 1 aromatic rings. The Balaban J connectivity index is 2.57. The minimum atomic E-state index is 0.518. The summed E-state index contributed by atoms with van der Waals surface area (Å²) < 4.78 is 1.99. The van der Waals surface area contributed by atoms with Gasteiger partial charge in [-0.1, -0.05) is 32.9 Å². The first-order valence-corrected chi connectivity index (χ1v) is 5.16. The molecule has 1 atom stereocenters. The molecule has 0 aliphatic heterocycles. The molecule has 0 bridgehead atoms. The number of hydrogen-bond acceptors (Lipinski definition) is 1. The molecule has 0 N–H and O–H groups in total. The lowest BCUT2D eigenvalue weighted by Gasteiger charge is -2.16. The van der Waals surface area contributed by atoms with Crippen LogP contribution in [0.2, 0.25) is 0 Å². The van der Waals surface area contributed by atoms with Gasteiger partial charge < -0.3 is 4.57 Å². The summed E-state index contributed by atoms with van der Waals surface area (Å²) in [7, 11) is 2.00. The molecule has 0 aliphatic carbocycles. The van der Waals surface area contributed by atoms with E-state index in [-0.39, 0.29) is 0 Å². The minimum Gasteiger partial charge on any atom is -0.340 e. The number of rotatable bonds is 4. The van der Waals surface area contributed by atoms with Gasteiger partial charge in [-0.2, -0.15) is 0 Å². The zero-order valence-corrected chi connectivity index (χ0v) is 9.62. The normalized spacial score (nSPS) is 13.2. The molecule has 0 saturated heterocycles. The summed E-state index contributed by atoms with van der Waals surface area (Å²) in [6.45, 7) is 10.7. The van der Waals surface area contributed by atoms with Crippen LogP contribution in [0.15, 0.2) is 24.7 Å². The minimum absolute atomic E-state index is 0.518. The predicted molar refractivity (Wildman–Crippen MR) is 60.1 cm³/mol. The third kappa shape index (κ3) is 2.72. The lowest BCUT2D eigenvalue weighted by Crippen LogP contribution is -2.07. The van der Waals surface area contributed by atoms with Gasteiger partial charge in [0, 0.05) is 13.2 Å². The maximum Gasteiger partial charge on any atom is 0.0946 e. The predicted octanol–water partition coefficient (Wildman–Crippen LogP) is 2.81. The van der Waals surface area contributed by atoms with Crippen molar-refractivity contribution in [3.63, 3.8) is 0 Å². The van der Waals surface area contributed by atoms with E-state index in [1.54, 1.807) is 0 Å². The fraction of sp³-hybridized carbons (Fsp3) is 0.583. The van der Waals surface area contributed by atoms with Crippen LogP contribution in [0.5, 0.6) is 0 Å². The molecule has 0 spiro atoms. The topological polar surface area (TPSA) is 17.8 Å². The van der Waals surface area contributed by atoms with E-state index in [0.29, 0.717) is 11.8 Å². The van der Waals surface area contributed by atoms with Gasteiger partial charge in [-0.15, -0.1) is 0 Å². The van der Waals surface area contributed by atoms with Gasteiger partial charge in [-0.05, 0) is 18.3 Å². The molecule has 0 amide bonds. The second kappa shape index (κ2) is 4.45. The molecule has 1 rings (SSSR count). The maximum absolute atomic E-state index is 4.32. The van der Waals surface area contributed by atoms with Crippen molar-refractivity contribution >= 4 is 0 Å². The molecule has 0 aliphatic rings. The molecule has 0 aromatic carbocycles. The van der Waals surface area contributed by atoms with Crippen LogP contribution >= 0.6 is 0 Å². The molecule has 0 fully saturated rings. The van der Waals surface area contributed by atoms with E-state index in [0.717, 1.165) is 12.1 Å². The van der Waals surface area contributed by atoms with Gasteiger partial charge in [-0.25, -0.2) is 4.98 Å². The van der Waals surface area contributed by atoms with E-state index in [2.05, 4.69) is 38.5 Å². The lowest BCUT2D eigenvalue weighted by molar-refractivity contribution is 0.579. The van der Waals surface area contributed by atoms with Crippen LogP contribution in [0, 0.1) is 11.8 Å². The van der Waals surface area contributed by atoms with Crippen molar-refractivity contribution in [3.8, 4) is 0 Å². The highest BCUT2D eigenvalue weighted by atomic mass is 15.0. The molecular weight excluding hydrogens is 172 g/mol. The summed E-state index contributed by atoms with van der Waals surface area (Å²) in [5.74, 6) is 1.08. The zero-order valence-electron chi connectivity index (χ0n) is 9.62. The van der Waals surface area contributed by atoms with E-state index in [9.17, 15) is 0 Å². The number of nitrogens with zero attached hydrogens (tertiary/aromatic N) is 2. The van der Waals surface area contributed by atoms with Gasteiger partial charge in [0.1, 0.15) is 0 Å². The number of imidazole rings is 1. The van der Waals surface area contributed by atoms with E-state index in [4.69, 9.17) is 0 Å². The monoisotopic (exact) mass is 192 g/mol. The largest absolute Gasteiger partial charge is 0.340 e. The van der Waals surface area contributed by atoms with Crippen LogP contribution < -0.4 is 0 Å². The Morgan fingerprint density at radius 1 is 1.50 bits per heavy atom. The van der Waals surface area contributed by atoms with E-state index in [1.165, 1.54) is 5.57 Å². The second-order valence-corrected chi connectivity index (χ2v) is 4.37. The quantitative estimate of drug-likeness (QED) is 0.671. The second-order valence-electron chi connectivity index (χ2n) is 4.37. The molecule has 0 radical (unpaired) electrons. The van der Waals surface area contributed by atoms with Gasteiger partial charge in [0.2, 0.25) is 0 Å². The highest BCUT2D eigenvalue weighted by Crippen LogP contribution is 2.20. The van der Waals surface area contributed by atoms with Crippen LogP contribution in [0.3, 0.4) is 0 Å². The van der Waals surface area contributed by atoms with Gasteiger partial charge in [0.05, 0.1) is 12.0 Å². The Bertz CT molecular complexity index is 310. The van der Waals surface area contributed by atoms with E-state index >= 15 is 0 Å². The van der Waals surface area contributed by atoms with Gasteiger partial charge in [0.15, 0.2) is 0 Å². The summed E-state index contributed by atoms with van der Waals surface area (Å²) in [6, 6.07) is 0. The molecule has 78 valence electrons. The molecule has 1 heterocycles. The highest BCUT2D eigenvalue weighted by Gasteiger charge is 2.11. The van der Waals surface area contributed by atoms with Crippen molar-refractivity contribution < 1.29 is 0 Å². The average molecular weight is 192 g/mol. The SMILES string of the molecule is C=C(C(C)C)C(C)Cc1cn(C)cn1. The van der Waals surface area contributed by atoms with Crippen LogP contribution in [-0.2, 0) is 13.5 Å². The zero-order chi connectivity index (χ0) is 10.7. The van der Waals surface area contributed by atoms with Crippen molar-refractivity contribution in [2.24, 2.45) is 18.9 Å². The number of aryl methyl sites for hydroxylation is 1. The van der Waals surface area contributed by atoms with Crippen molar-refractivity contribution in [3.05, 3.63) is 30.4 Å². The van der Waals surface area contributed by atoms with Gasteiger partial charge >= 0.3 is 0 Å². The van der Waals surface area contributed by atoms with Gasteiger partial charge in [-0.3, -0.25) is 0 Å². The molecule has 1 unspecified atom stereocenters. The Labute approximate surface area is 86.7 Å². The Hall–Kier alpha value is -1.05. The molecule has 14 heavy (non-hydrogen) atoms. The van der Waals surface area contributed by atoms with Crippen LogP contribution in [0.4, 0.5) is 0 Å². The number of aromatic nitrogens is 2. The Morgan fingerprint density at radius 2 is 2.14 bits per heavy atom. The van der Waals surface area contributed by atoms with E-state index < -0.39 is 0 Å². The third-order valence-electron chi connectivity index (χ3n) is 2.65. The van der Waals surface area contributed by atoms with Gasteiger partial charge in [0.25, 0.3) is 0 Å². The highest BCUT2D eigenvalue weighted by molar-refractivity contribution is 5.08. The smallest absolute Gasteiger partial charge is 0.0946 e. The van der Waals surface area contributed by atoms with Crippen LogP contribution in [0.1, 0.15) is 26.5 Å². The summed E-state index contributed by atoms with van der Waals surface area (Å²) in [6.07, 6.45) is 4.92. The fourth-order valence-corrected chi connectivity index (χ4v) is 1.59. The van der Waals surface area contributed by atoms with Crippen LogP contribution in [-0.4, -0.2) is 9.55 Å². The first-order chi connectivity index (χ1) is 6.50. The lowest BCUT2D eigenvalue weighted by atomic mass is 9.90. The fourth-order valence-electron chi connectivity index (χ4n) is 1.59. The Kier molecular flexibility index (Phi) is 3.50. The summed E-state index contributed by atoms with van der Waals surface area (Å²) in [5.41, 5.74) is 2.47. The number of hydrogen-bond donors (Lipinski definition) is 0. The standard InChI is InChI=1S/C12H20N2/c1-9(2)11(4)10(3)6-12-7-14(5)8-13-12/h7-10H,4,6H2,1-3,5H3. The number of allylic oxidation sites excluding steroid dienone is 1. The summed E-state index contributed by atoms with van der Waals surface area (Å²) in [5, 5.41) is 0. The third-order valence-corrected chi connectivity index (χ3v) is 2.65. The van der Waals surface area contributed by atoms with Crippen molar-refractivity contribution in [1.82, 2.24) is 9.55 Å². The van der Waals surface area contributed by atoms with Crippen molar-refractivity contribution in [2.45, 2.75) is 27.2 Å². The van der Waals surface area contributed by atoms with E-state index in [1.807, 2.05) is 17.9 Å².